The lowest BCUT2D eigenvalue weighted by Gasteiger charge is -2.05. The second kappa shape index (κ2) is 6.69. The Morgan fingerprint density at radius 2 is 1.52 bits per heavy atom. The van der Waals surface area contributed by atoms with Gasteiger partial charge in [0.2, 0.25) is 0 Å². The van der Waals surface area contributed by atoms with Gasteiger partial charge in [-0.25, -0.2) is 4.98 Å². The summed E-state index contributed by atoms with van der Waals surface area (Å²) in [5, 5.41) is 5.65. The Morgan fingerprint density at radius 3 is 2.28 bits per heavy atom. The number of thioether (sulfide) groups is 1. The van der Waals surface area contributed by atoms with Gasteiger partial charge in [0.05, 0.1) is 20.9 Å². The van der Waals surface area contributed by atoms with E-state index in [2.05, 4.69) is 81.7 Å². The van der Waals surface area contributed by atoms with Crippen molar-refractivity contribution in [3.05, 3.63) is 95.5 Å². The molecule has 4 heterocycles. The Hall–Kier alpha value is -3.22. The first-order chi connectivity index (χ1) is 14.3. The first-order valence-electron chi connectivity index (χ1n) is 9.30. The number of hydrogen-bond acceptors (Lipinski definition) is 4. The van der Waals surface area contributed by atoms with Crippen LogP contribution in [0.2, 0.25) is 0 Å². The maximum atomic E-state index is 4.84. The molecular formula is C23H16N4S2. The van der Waals surface area contributed by atoms with Gasteiger partial charge in [0.15, 0.2) is 0 Å². The highest BCUT2D eigenvalue weighted by atomic mass is 32.2. The SMILES string of the molecule is C(=C1Nc2cc(-n3cccc3)ccc2S1)c1nc2cc(-n3cccc3)ccc2s1. The number of fused-ring (bicyclic) bond motifs is 2. The Bertz CT molecular complexity index is 1350. The van der Waals surface area contributed by atoms with E-state index in [-0.39, 0.29) is 0 Å². The summed E-state index contributed by atoms with van der Waals surface area (Å²) >= 11 is 3.47. The molecule has 0 aliphatic carbocycles. The lowest BCUT2D eigenvalue weighted by Crippen LogP contribution is -1.92. The molecule has 1 aliphatic rings. The highest BCUT2D eigenvalue weighted by Crippen LogP contribution is 2.43. The molecule has 4 nitrogen and oxygen atoms in total. The molecule has 1 N–H and O–H groups in total. The van der Waals surface area contributed by atoms with Gasteiger partial charge >= 0.3 is 0 Å². The number of anilines is 1. The molecule has 0 unspecified atom stereocenters. The molecule has 29 heavy (non-hydrogen) atoms. The van der Waals surface area contributed by atoms with Gasteiger partial charge < -0.3 is 14.5 Å². The first-order valence-corrected chi connectivity index (χ1v) is 10.9. The van der Waals surface area contributed by atoms with Crippen LogP contribution < -0.4 is 5.32 Å². The summed E-state index contributed by atoms with van der Waals surface area (Å²) in [6.07, 6.45) is 10.4. The minimum absolute atomic E-state index is 1.01. The molecule has 0 radical (unpaired) electrons. The van der Waals surface area contributed by atoms with Gasteiger partial charge in [0, 0.05) is 47.1 Å². The van der Waals surface area contributed by atoms with E-state index in [4.69, 9.17) is 4.98 Å². The molecular weight excluding hydrogens is 396 g/mol. The van der Waals surface area contributed by atoms with Gasteiger partial charge in [0.25, 0.3) is 0 Å². The van der Waals surface area contributed by atoms with Gasteiger partial charge in [-0.05, 0) is 60.7 Å². The summed E-state index contributed by atoms with van der Waals surface area (Å²) in [5.74, 6) is 0. The first kappa shape index (κ1) is 16.7. The number of nitrogens with one attached hydrogen (secondary N) is 1. The fourth-order valence-corrected chi connectivity index (χ4v) is 5.38. The minimum atomic E-state index is 1.01. The van der Waals surface area contributed by atoms with Gasteiger partial charge in [-0.3, -0.25) is 0 Å². The van der Waals surface area contributed by atoms with Crippen molar-refractivity contribution in [3.8, 4) is 11.4 Å². The van der Waals surface area contributed by atoms with Crippen molar-refractivity contribution >= 4 is 45.1 Å². The van der Waals surface area contributed by atoms with Crippen molar-refractivity contribution in [2.45, 2.75) is 4.90 Å². The van der Waals surface area contributed by atoms with Crippen molar-refractivity contribution in [3.63, 3.8) is 0 Å². The summed E-state index contributed by atoms with van der Waals surface area (Å²) in [6, 6.07) is 21.1. The lowest BCUT2D eigenvalue weighted by atomic mass is 10.2. The maximum absolute atomic E-state index is 4.84. The molecule has 3 aromatic heterocycles. The monoisotopic (exact) mass is 412 g/mol. The molecule has 6 heteroatoms. The molecule has 0 amide bonds. The standard InChI is InChI=1S/C23H16N4S2/c1-2-10-26(9-1)16-5-7-20-18(13-16)24-22(28-20)15-23-25-19-14-17(6-8-21(19)29-23)27-11-3-4-12-27/h1-15,24H. The van der Waals surface area contributed by atoms with Crippen LogP contribution in [0.25, 0.3) is 27.7 Å². The summed E-state index contributed by atoms with van der Waals surface area (Å²) in [5.41, 5.74) is 4.46. The zero-order valence-corrected chi connectivity index (χ0v) is 17.0. The maximum Gasteiger partial charge on any atom is 0.119 e. The topological polar surface area (TPSA) is 34.8 Å². The van der Waals surface area contributed by atoms with Crippen molar-refractivity contribution in [1.82, 2.24) is 14.1 Å². The summed E-state index contributed by atoms with van der Waals surface area (Å²) in [6.45, 7) is 0. The predicted molar refractivity (Wildman–Crippen MR) is 122 cm³/mol. The van der Waals surface area contributed by atoms with Crippen LogP contribution in [0.4, 0.5) is 5.69 Å². The van der Waals surface area contributed by atoms with Crippen molar-refractivity contribution in [1.29, 1.82) is 0 Å². The minimum Gasteiger partial charge on any atom is -0.349 e. The van der Waals surface area contributed by atoms with E-state index in [1.54, 1.807) is 23.1 Å². The van der Waals surface area contributed by atoms with Gasteiger partial charge in [-0.1, -0.05) is 11.8 Å². The Morgan fingerprint density at radius 1 is 0.828 bits per heavy atom. The van der Waals surface area contributed by atoms with E-state index in [0.717, 1.165) is 32.6 Å². The zero-order valence-electron chi connectivity index (χ0n) is 15.3. The summed E-state index contributed by atoms with van der Waals surface area (Å²) in [7, 11) is 0. The molecule has 0 fully saturated rings. The van der Waals surface area contributed by atoms with Crippen molar-refractivity contribution in [2.24, 2.45) is 0 Å². The van der Waals surface area contributed by atoms with Crippen LogP contribution in [0.15, 0.2) is 95.4 Å². The van der Waals surface area contributed by atoms with Crippen molar-refractivity contribution in [2.75, 3.05) is 5.32 Å². The third-order valence-corrected chi connectivity index (χ3v) is 6.89. The van der Waals surface area contributed by atoms with Crippen LogP contribution in [0, 0.1) is 0 Å². The largest absolute Gasteiger partial charge is 0.349 e. The highest BCUT2D eigenvalue weighted by Gasteiger charge is 2.17. The van der Waals surface area contributed by atoms with Crippen LogP contribution in [0.3, 0.4) is 0 Å². The average Bonchev–Trinajstić information content (AvgIpc) is 3.53. The van der Waals surface area contributed by atoms with Gasteiger partial charge in [-0.2, -0.15) is 0 Å². The van der Waals surface area contributed by atoms with Crippen LogP contribution in [-0.4, -0.2) is 14.1 Å². The molecule has 0 bridgehead atoms. The summed E-state index contributed by atoms with van der Waals surface area (Å²) < 4.78 is 5.41. The van der Waals surface area contributed by atoms with Crippen LogP contribution in [-0.2, 0) is 0 Å². The average molecular weight is 413 g/mol. The zero-order chi connectivity index (χ0) is 19.2. The third kappa shape index (κ3) is 3.06. The van der Waals surface area contributed by atoms with E-state index in [9.17, 15) is 0 Å². The second-order valence-corrected chi connectivity index (χ2v) is 8.95. The Kier molecular flexibility index (Phi) is 3.85. The van der Waals surface area contributed by atoms with E-state index in [0.29, 0.717) is 0 Å². The molecule has 0 atom stereocenters. The number of rotatable bonds is 3. The van der Waals surface area contributed by atoms with Gasteiger partial charge in [-0.15, -0.1) is 11.3 Å². The van der Waals surface area contributed by atoms with E-state index < -0.39 is 0 Å². The molecule has 5 aromatic rings. The summed E-state index contributed by atoms with van der Waals surface area (Å²) in [4.78, 5) is 6.08. The fourth-order valence-electron chi connectivity index (χ4n) is 3.49. The quantitative estimate of drug-likeness (QED) is 0.373. The molecule has 140 valence electrons. The molecule has 0 saturated heterocycles. The highest BCUT2D eigenvalue weighted by molar-refractivity contribution is 8.03. The normalized spacial score (nSPS) is 14.4. The third-order valence-electron chi connectivity index (χ3n) is 4.89. The number of benzene rings is 2. The molecule has 6 rings (SSSR count). The molecule has 0 saturated carbocycles. The second-order valence-electron chi connectivity index (χ2n) is 6.80. The van der Waals surface area contributed by atoms with Crippen LogP contribution in [0.5, 0.6) is 0 Å². The van der Waals surface area contributed by atoms with E-state index in [1.165, 1.54) is 9.60 Å². The van der Waals surface area contributed by atoms with Gasteiger partial charge in [0.1, 0.15) is 5.01 Å². The fraction of sp³-hybridized carbons (Fsp3) is 0. The van der Waals surface area contributed by atoms with Crippen LogP contribution >= 0.6 is 23.1 Å². The van der Waals surface area contributed by atoms with Crippen LogP contribution in [0.1, 0.15) is 5.01 Å². The van der Waals surface area contributed by atoms with Crippen molar-refractivity contribution < 1.29 is 0 Å². The van der Waals surface area contributed by atoms with E-state index >= 15 is 0 Å². The Balaban J connectivity index is 1.30. The molecule has 2 aromatic carbocycles. The Labute approximate surface area is 176 Å². The molecule has 1 aliphatic heterocycles. The smallest absolute Gasteiger partial charge is 0.119 e. The number of thiazole rings is 1. The molecule has 0 spiro atoms. The van der Waals surface area contributed by atoms with E-state index in [1.807, 2.05) is 24.3 Å². The number of aromatic nitrogens is 3. The number of hydrogen-bond donors (Lipinski definition) is 1. The number of nitrogens with zero attached hydrogens (tertiary/aromatic N) is 3. The predicted octanol–water partition coefficient (Wildman–Crippen LogP) is 6.39. The lowest BCUT2D eigenvalue weighted by molar-refractivity contribution is 1.08.